The number of aromatic nitrogens is 1. The molecule has 2 aromatic rings. The number of hydrogen-bond donors (Lipinski definition) is 1. The SMILES string of the molecule is CC(C)(C)NCC(=O)N1CCn2cccc2C1c1ccccc1F. The summed E-state index contributed by atoms with van der Waals surface area (Å²) in [5, 5.41) is 3.23. The van der Waals surface area contributed by atoms with Crippen molar-refractivity contribution in [3.8, 4) is 0 Å². The van der Waals surface area contributed by atoms with Crippen LogP contribution >= 0.6 is 0 Å². The Morgan fingerprint density at radius 2 is 1.96 bits per heavy atom. The first-order chi connectivity index (χ1) is 11.4. The van der Waals surface area contributed by atoms with E-state index in [0.29, 0.717) is 12.1 Å². The molecule has 1 atom stereocenters. The predicted molar refractivity (Wildman–Crippen MR) is 92.1 cm³/mol. The maximum atomic E-state index is 14.4. The minimum Gasteiger partial charge on any atom is -0.348 e. The summed E-state index contributed by atoms with van der Waals surface area (Å²) in [5.41, 5.74) is 1.36. The molecule has 0 aliphatic carbocycles. The van der Waals surface area contributed by atoms with E-state index in [1.54, 1.807) is 17.0 Å². The van der Waals surface area contributed by atoms with E-state index in [0.717, 1.165) is 12.2 Å². The summed E-state index contributed by atoms with van der Waals surface area (Å²) in [6.07, 6.45) is 1.98. The van der Waals surface area contributed by atoms with Gasteiger partial charge in [0.1, 0.15) is 11.9 Å². The first-order valence-electron chi connectivity index (χ1n) is 8.31. The van der Waals surface area contributed by atoms with E-state index in [9.17, 15) is 9.18 Å². The van der Waals surface area contributed by atoms with Crippen molar-refractivity contribution >= 4 is 5.91 Å². The van der Waals surface area contributed by atoms with E-state index in [4.69, 9.17) is 0 Å². The summed E-state index contributed by atoms with van der Waals surface area (Å²) in [6, 6.07) is 10.2. The molecule has 0 spiro atoms. The normalized spacial score (nSPS) is 17.7. The van der Waals surface area contributed by atoms with E-state index in [-0.39, 0.29) is 29.8 Å². The topological polar surface area (TPSA) is 37.3 Å². The molecule has 0 fully saturated rings. The van der Waals surface area contributed by atoms with Crippen LogP contribution in [0.5, 0.6) is 0 Å². The predicted octanol–water partition coefficient (Wildman–Crippen LogP) is 2.95. The highest BCUT2D eigenvalue weighted by atomic mass is 19.1. The monoisotopic (exact) mass is 329 g/mol. The van der Waals surface area contributed by atoms with Crippen LogP contribution in [-0.2, 0) is 11.3 Å². The zero-order valence-electron chi connectivity index (χ0n) is 14.4. The molecule has 1 amide bonds. The quantitative estimate of drug-likeness (QED) is 0.940. The summed E-state index contributed by atoms with van der Waals surface area (Å²) in [4.78, 5) is 14.6. The molecule has 24 heavy (non-hydrogen) atoms. The highest BCUT2D eigenvalue weighted by Crippen LogP contribution is 2.33. The fourth-order valence-electron chi connectivity index (χ4n) is 3.12. The lowest BCUT2D eigenvalue weighted by molar-refractivity contribution is -0.133. The smallest absolute Gasteiger partial charge is 0.237 e. The number of carbonyl (C=O) groups is 1. The number of rotatable bonds is 3. The van der Waals surface area contributed by atoms with E-state index in [1.165, 1.54) is 6.07 Å². The zero-order chi connectivity index (χ0) is 17.3. The first-order valence-corrected chi connectivity index (χ1v) is 8.31. The van der Waals surface area contributed by atoms with E-state index >= 15 is 0 Å². The first kappa shape index (κ1) is 16.7. The van der Waals surface area contributed by atoms with Crippen LogP contribution in [0.4, 0.5) is 4.39 Å². The Balaban J connectivity index is 1.94. The van der Waals surface area contributed by atoms with Gasteiger partial charge in [0.2, 0.25) is 5.91 Å². The van der Waals surface area contributed by atoms with Crippen molar-refractivity contribution < 1.29 is 9.18 Å². The molecule has 0 bridgehead atoms. The second-order valence-corrected chi connectivity index (χ2v) is 7.24. The van der Waals surface area contributed by atoms with Crippen LogP contribution in [0.2, 0.25) is 0 Å². The van der Waals surface area contributed by atoms with Gasteiger partial charge >= 0.3 is 0 Å². The van der Waals surface area contributed by atoms with E-state index < -0.39 is 0 Å². The van der Waals surface area contributed by atoms with Gasteiger partial charge in [0, 0.05) is 36.1 Å². The maximum absolute atomic E-state index is 14.4. The van der Waals surface area contributed by atoms with E-state index in [1.807, 2.05) is 45.2 Å². The number of nitrogens with zero attached hydrogens (tertiary/aromatic N) is 2. The highest BCUT2D eigenvalue weighted by molar-refractivity contribution is 5.79. The van der Waals surface area contributed by atoms with Gasteiger partial charge in [-0.3, -0.25) is 4.79 Å². The molecular formula is C19H24FN3O. The number of carbonyl (C=O) groups excluding carboxylic acids is 1. The molecule has 0 radical (unpaired) electrons. The van der Waals surface area contributed by atoms with Gasteiger partial charge in [-0.2, -0.15) is 0 Å². The Morgan fingerprint density at radius 3 is 2.67 bits per heavy atom. The zero-order valence-corrected chi connectivity index (χ0v) is 14.4. The number of amides is 1. The van der Waals surface area contributed by atoms with Gasteiger partial charge in [0.05, 0.1) is 6.54 Å². The maximum Gasteiger partial charge on any atom is 0.237 e. The van der Waals surface area contributed by atoms with Gasteiger partial charge in [-0.25, -0.2) is 4.39 Å². The van der Waals surface area contributed by atoms with Crippen LogP contribution in [0.1, 0.15) is 38.1 Å². The third-order valence-corrected chi connectivity index (χ3v) is 4.33. The number of nitrogens with one attached hydrogen (secondary N) is 1. The van der Waals surface area contributed by atoms with Crippen LogP contribution in [0, 0.1) is 5.82 Å². The van der Waals surface area contributed by atoms with Crippen molar-refractivity contribution in [2.24, 2.45) is 0 Å². The fourth-order valence-corrected chi connectivity index (χ4v) is 3.12. The van der Waals surface area contributed by atoms with E-state index in [2.05, 4.69) is 9.88 Å². The standard InChI is InChI=1S/C19H24FN3O/c1-19(2,3)21-13-17(24)23-12-11-22-10-6-9-16(22)18(23)14-7-4-5-8-15(14)20/h4-10,18,21H,11-13H2,1-3H3. The molecule has 0 saturated carbocycles. The summed E-state index contributed by atoms with van der Waals surface area (Å²) in [6.45, 7) is 7.62. The molecule has 128 valence electrons. The van der Waals surface area contributed by atoms with Crippen molar-refractivity contribution in [3.05, 3.63) is 59.7 Å². The number of fused-ring (bicyclic) bond motifs is 1. The highest BCUT2D eigenvalue weighted by Gasteiger charge is 2.33. The van der Waals surface area contributed by atoms with Crippen LogP contribution in [0.3, 0.4) is 0 Å². The van der Waals surface area contributed by atoms with Gasteiger partial charge in [-0.1, -0.05) is 18.2 Å². The number of hydrogen-bond acceptors (Lipinski definition) is 2. The van der Waals surface area contributed by atoms with Crippen molar-refractivity contribution in [3.63, 3.8) is 0 Å². The molecule has 1 N–H and O–H groups in total. The van der Waals surface area contributed by atoms with Crippen LogP contribution < -0.4 is 5.32 Å². The molecule has 3 rings (SSSR count). The Morgan fingerprint density at radius 1 is 1.21 bits per heavy atom. The molecule has 1 aliphatic rings. The van der Waals surface area contributed by atoms with Crippen molar-refractivity contribution in [1.82, 2.24) is 14.8 Å². The number of benzene rings is 1. The molecule has 1 aromatic carbocycles. The summed E-state index contributed by atoms with van der Waals surface area (Å²) in [7, 11) is 0. The van der Waals surface area contributed by atoms with Crippen LogP contribution in [-0.4, -0.2) is 34.0 Å². The largest absolute Gasteiger partial charge is 0.348 e. The second-order valence-electron chi connectivity index (χ2n) is 7.24. The minimum absolute atomic E-state index is 0.00868. The summed E-state index contributed by atoms with van der Waals surface area (Å²) < 4.78 is 16.5. The minimum atomic E-state index is -0.385. The number of halogens is 1. The Bertz CT molecular complexity index is 732. The van der Waals surface area contributed by atoms with Gasteiger partial charge < -0.3 is 14.8 Å². The molecule has 1 aromatic heterocycles. The Labute approximate surface area is 142 Å². The average Bonchev–Trinajstić information content (AvgIpc) is 3.00. The lowest BCUT2D eigenvalue weighted by Crippen LogP contribution is -2.49. The fraction of sp³-hybridized carbons (Fsp3) is 0.421. The third-order valence-electron chi connectivity index (χ3n) is 4.33. The molecule has 4 nitrogen and oxygen atoms in total. The molecule has 5 heteroatoms. The third kappa shape index (κ3) is 3.36. The lowest BCUT2D eigenvalue weighted by atomic mass is 9.99. The molecule has 1 unspecified atom stereocenters. The summed E-state index contributed by atoms with van der Waals surface area (Å²) in [5.74, 6) is -0.288. The Hall–Kier alpha value is -2.14. The van der Waals surface area contributed by atoms with Crippen LogP contribution in [0.25, 0.3) is 0 Å². The summed E-state index contributed by atoms with van der Waals surface area (Å²) >= 11 is 0. The van der Waals surface area contributed by atoms with Crippen LogP contribution in [0.15, 0.2) is 42.6 Å². The molecule has 2 heterocycles. The van der Waals surface area contributed by atoms with Crippen molar-refractivity contribution in [2.75, 3.05) is 13.1 Å². The molecular weight excluding hydrogens is 305 g/mol. The second kappa shape index (κ2) is 6.40. The van der Waals surface area contributed by atoms with Gasteiger partial charge in [-0.05, 0) is 39.0 Å². The lowest BCUT2D eigenvalue weighted by Gasteiger charge is -2.38. The van der Waals surface area contributed by atoms with Gasteiger partial charge in [-0.15, -0.1) is 0 Å². The van der Waals surface area contributed by atoms with Crippen molar-refractivity contribution in [1.29, 1.82) is 0 Å². The molecule has 1 aliphatic heterocycles. The Kier molecular flexibility index (Phi) is 4.45. The average molecular weight is 329 g/mol. The molecule has 0 saturated heterocycles. The van der Waals surface area contributed by atoms with Gasteiger partial charge in [0.15, 0.2) is 0 Å². The van der Waals surface area contributed by atoms with Gasteiger partial charge in [0.25, 0.3) is 0 Å². The van der Waals surface area contributed by atoms with Crippen molar-refractivity contribution in [2.45, 2.75) is 38.9 Å².